The van der Waals surface area contributed by atoms with E-state index in [4.69, 9.17) is 10.5 Å². The van der Waals surface area contributed by atoms with Crippen LogP contribution in [-0.4, -0.2) is 43.4 Å². The highest BCUT2D eigenvalue weighted by Crippen LogP contribution is 2.20. The Labute approximate surface area is 121 Å². The summed E-state index contributed by atoms with van der Waals surface area (Å²) >= 11 is 0. The van der Waals surface area contributed by atoms with Crippen molar-refractivity contribution in [3.05, 3.63) is 11.6 Å². The lowest BCUT2D eigenvalue weighted by atomic mass is 9.94. The first-order chi connectivity index (χ1) is 9.67. The third-order valence-electron chi connectivity index (χ3n) is 3.30. The number of hydrazone groups is 1. The van der Waals surface area contributed by atoms with Crippen LogP contribution in [0.5, 0.6) is 0 Å². The number of ether oxygens (including phenoxy) is 1. The van der Waals surface area contributed by atoms with Gasteiger partial charge in [-0.25, -0.2) is 4.79 Å². The first-order valence-electron chi connectivity index (χ1n) is 7.53. The van der Waals surface area contributed by atoms with E-state index < -0.39 is 0 Å². The number of carbonyl (C=O) groups is 1. The Bertz CT molecular complexity index is 364. The van der Waals surface area contributed by atoms with Gasteiger partial charge in [-0.15, -0.1) is 0 Å². The van der Waals surface area contributed by atoms with Gasteiger partial charge in [-0.3, -0.25) is 5.01 Å². The topological polar surface area (TPSA) is 67.9 Å². The number of nitrogens with two attached hydrogens (primary N) is 1. The van der Waals surface area contributed by atoms with Crippen molar-refractivity contribution >= 4 is 11.7 Å². The molecular formula is C15H27N3O2. The summed E-state index contributed by atoms with van der Waals surface area (Å²) in [5.41, 5.74) is 7.57. The van der Waals surface area contributed by atoms with Crippen LogP contribution in [-0.2, 0) is 9.53 Å². The maximum Gasteiger partial charge on any atom is 0.331 e. The van der Waals surface area contributed by atoms with Crippen molar-refractivity contribution in [2.75, 3.05) is 26.7 Å². The van der Waals surface area contributed by atoms with Gasteiger partial charge >= 0.3 is 5.97 Å². The van der Waals surface area contributed by atoms with Gasteiger partial charge < -0.3 is 10.5 Å². The standard InChI is InChI=1S/C15H27N3O2/c1-3-20-15(19)12-13-8-6-4-5-7-9-14(13)17-18(2)11-10-16/h12H,3-11,16H2,1-2H3/b13-12+,17-14-. The lowest BCUT2D eigenvalue weighted by molar-refractivity contribution is -0.137. The number of esters is 1. The highest BCUT2D eigenvalue weighted by Gasteiger charge is 2.14. The lowest BCUT2D eigenvalue weighted by Crippen LogP contribution is -2.23. The molecule has 0 radical (unpaired) electrons. The molecule has 0 spiro atoms. The van der Waals surface area contributed by atoms with E-state index in [1.54, 1.807) is 6.08 Å². The molecule has 0 saturated heterocycles. The zero-order valence-corrected chi connectivity index (χ0v) is 12.7. The molecule has 0 atom stereocenters. The number of carbonyl (C=O) groups excluding carboxylic acids is 1. The van der Waals surface area contributed by atoms with E-state index in [0.717, 1.165) is 43.5 Å². The minimum absolute atomic E-state index is 0.266. The molecule has 114 valence electrons. The van der Waals surface area contributed by atoms with E-state index in [1.165, 1.54) is 12.8 Å². The lowest BCUT2D eigenvalue weighted by Gasteiger charge is -2.19. The SMILES string of the molecule is CCOC(=O)/C=C1\CCCCCC\C1=N\N(C)CCN. The first kappa shape index (κ1) is 16.7. The van der Waals surface area contributed by atoms with E-state index in [-0.39, 0.29) is 5.97 Å². The van der Waals surface area contributed by atoms with E-state index in [2.05, 4.69) is 5.10 Å². The zero-order chi connectivity index (χ0) is 14.8. The maximum atomic E-state index is 11.7. The van der Waals surface area contributed by atoms with Crippen LogP contribution in [0.4, 0.5) is 0 Å². The van der Waals surface area contributed by atoms with Crippen molar-refractivity contribution in [3.8, 4) is 0 Å². The van der Waals surface area contributed by atoms with Crippen LogP contribution in [0.2, 0.25) is 0 Å². The van der Waals surface area contributed by atoms with Crippen molar-refractivity contribution in [3.63, 3.8) is 0 Å². The summed E-state index contributed by atoms with van der Waals surface area (Å²) in [6.45, 7) is 3.52. The van der Waals surface area contributed by atoms with Gasteiger partial charge in [-0.05, 0) is 38.2 Å². The third-order valence-corrected chi connectivity index (χ3v) is 3.30. The van der Waals surface area contributed by atoms with Gasteiger partial charge in [-0.1, -0.05) is 12.8 Å². The van der Waals surface area contributed by atoms with Crippen molar-refractivity contribution < 1.29 is 9.53 Å². The average Bonchev–Trinajstić information content (AvgIpc) is 2.38. The number of hydrogen-bond donors (Lipinski definition) is 1. The molecule has 1 aliphatic rings. The normalized spacial score (nSPS) is 20.6. The van der Waals surface area contributed by atoms with Crippen LogP contribution >= 0.6 is 0 Å². The molecule has 0 bridgehead atoms. The predicted octanol–water partition coefficient (Wildman–Crippen LogP) is 2.08. The number of allylic oxidation sites excluding steroid dienone is 1. The molecule has 2 N–H and O–H groups in total. The molecule has 0 unspecified atom stereocenters. The van der Waals surface area contributed by atoms with Crippen LogP contribution in [0.15, 0.2) is 16.8 Å². The smallest absolute Gasteiger partial charge is 0.331 e. The highest BCUT2D eigenvalue weighted by molar-refractivity contribution is 6.04. The molecule has 0 aliphatic heterocycles. The van der Waals surface area contributed by atoms with E-state index in [1.807, 2.05) is 19.0 Å². The van der Waals surface area contributed by atoms with Gasteiger partial charge in [-0.2, -0.15) is 5.10 Å². The number of nitrogens with zero attached hydrogens (tertiary/aromatic N) is 2. The largest absolute Gasteiger partial charge is 0.463 e. The van der Waals surface area contributed by atoms with E-state index in [9.17, 15) is 4.79 Å². The molecular weight excluding hydrogens is 254 g/mol. The fourth-order valence-electron chi connectivity index (χ4n) is 2.31. The summed E-state index contributed by atoms with van der Waals surface area (Å²) in [7, 11) is 1.92. The number of rotatable bonds is 5. The number of likely N-dealkylation sites (N-methyl/N-ethyl adjacent to an activating group) is 1. The zero-order valence-electron chi connectivity index (χ0n) is 12.7. The van der Waals surface area contributed by atoms with Crippen LogP contribution in [0.1, 0.15) is 45.4 Å². The van der Waals surface area contributed by atoms with Gasteiger partial charge in [0.05, 0.1) is 12.3 Å². The van der Waals surface area contributed by atoms with Crippen LogP contribution in [0, 0.1) is 0 Å². The Morgan fingerprint density at radius 1 is 1.35 bits per heavy atom. The molecule has 20 heavy (non-hydrogen) atoms. The summed E-state index contributed by atoms with van der Waals surface area (Å²) in [6.07, 6.45) is 8.09. The molecule has 0 aromatic rings. The fraction of sp³-hybridized carbons (Fsp3) is 0.733. The molecule has 1 rings (SSSR count). The van der Waals surface area contributed by atoms with E-state index >= 15 is 0 Å². The second kappa shape index (κ2) is 9.53. The molecule has 0 aromatic carbocycles. The third kappa shape index (κ3) is 6.19. The second-order valence-electron chi connectivity index (χ2n) is 5.05. The molecule has 1 aliphatic carbocycles. The minimum atomic E-state index is -0.266. The van der Waals surface area contributed by atoms with Gasteiger partial charge in [0.25, 0.3) is 0 Å². The Balaban J connectivity index is 2.88. The van der Waals surface area contributed by atoms with Crippen molar-refractivity contribution in [1.82, 2.24) is 5.01 Å². The minimum Gasteiger partial charge on any atom is -0.463 e. The molecule has 0 amide bonds. The Hall–Kier alpha value is -1.36. The summed E-state index contributed by atoms with van der Waals surface area (Å²) < 4.78 is 5.01. The van der Waals surface area contributed by atoms with Crippen molar-refractivity contribution in [1.29, 1.82) is 0 Å². The summed E-state index contributed by atoms with van der Waals surface area (Å²) in [5, 5.41) is 6.47. The fourth-order valence-corrected chi connectivity index (χ4v) is 2.31. The van der Waals surface area contributed by atoms with Crippen LogP contribution < -0.4 is 5.73 Å². The van der Waals surface area contributed by atoms with E-state index in [0.29, 0.717) is 13.2 Å². The van der Waals surface area contributed by atoms with Gasteiger partial charge in [0, 0.05) is 26.2 Å². The van der Waals surface area contributed by atoms with Crippen LogP contribution in [0.25, 0.3) is 0 Å². The summed E-state index contributed by atoms with van der Waals surface area (Å²) in [6, 6.07) is 0. The predicted molar refractivity (Wildman–Crippen MR) is 81.5 cm³/mol. The summed E-state index contributed by atoms with van der Waals surface area (Å²) in [5.74, 6) is -0.266. The van der Waals surface area contributed by atoms with Crippen molar-refractivity contribution in [2.24, 2.45) is 10.8 Å². The molecule has 5 nitrogen and oxygen atoms in total. The first-order valence-corrected chi connectivity index (χ1v) is 7.53. The second-order valence-corrected chi connectivity index (χ2v) is 5.05. The maximum absolute atomic E-state index is 11.7. The Morgan fingerprint density at radius 2 is 2.05 bits per heavy atom. The average molecular weight is 281 g/mol. The molecule has 1 fully saturated rings. The number of hydrogen-bond acceptors (Lipinski definition) is 5. The van der Waals surface area contributed by atoms with Gasteiger partial charge in [0.2, 0.25) is 0 Å². The molecule has 0 heterocycles. The van der Waals surface area contributed by atoms with Gasteiger partial charge in [0.1, 0.15) is 0 Å². The molecule has 1 saturated carbocycles. The quantitative estimate of drug-likeness (QED) is 0.476. The Morgan fingerprint density at radius 3 is 2.70 bits per heavy atom. The molecule has 5 heteroatoms. The highest BCUT2D eigenvalue weighted by atomic mass is 16.5. The summed E-state index contributed by atoms with van der Waals surface area (Å²) in [4.78, 5) is 11.7. The molecule has 0 aromatic heterocycles. The van der Waals surface area contributed by atoms with Gasteiger partial charge in [0.15, 0.2) is 0 Å². The monoisotopic (exact) mass is 281 g/mol. The van der Waals surface area contributed by atoms with Crippen LogP contribution in [0.3, 0.4) is 0 Å². The Kier molecular flexibility index (Phi) is 7.95. The van der Waals surface area contributed by atoms with Crippen molar-refractivity contribution in [2.45, 2.75) is 45.4 Å².